The van der Waals surface area contributed by atoms with E-state index in [4.69, 9.17) is 11.6 Å². The zero-order chi connectivity index (χ0) is 14.5. The molecule has 1 N–H and O–H groups in total. The molecule has 0 spiro atoms. The van der Waals surface area contributed by atoms with Gasteiger partial charge in [0.15, 0.2) is 0 Å². The molecule has 0 aliphatic heterocycles. The zero-order valence-corrected chi connectivity index (χ0v) is 12.7. The Kier molecular flexibility index (Phi) is 4.92. The van der Waals surface area contributed by atoms with Crippen molar-refractivity contribution in [3.05, 3.63) is 62.2 Å². The molecule has 0 fully saturated rings. The summed E-state index contributed by atoms with van der Waals surface area (Å²) in [5, 5.41) is 3.09. The Labute approximate surface area is 128 Å². The summed E-state index contributed by atoms with van der Waals surface area (Å²) in [5.74, 6) is -0.284. The average Bonchev–Trinajstić information content (AvgIpc) is 2.43. The Bertz CT molecular complexity index is 687. The lowest BCUT2D eigenvalue weighted by Gasteiger charge is -2.08. The predicted octanol–water partition coefficient (Wildman–Crippen LogP) is 2.09. The summed E-state index contributed by atoms with van der Waals surface area (Å²) < 4.78 is 2.19. The second-order valence-corrected chi connectivity index (χ2v) is 5.30. The zero-order valence-electron chi connectivity index (χ0n) is 10.3. The van der Waals surface area contributed by atoms with Crippen LogP contribution in [0.5, 0.6) is 0 Å². The minimum Gasteiger partial charge on any atom is -0.350 e. The highest BCUT2D eigenvalue weighted by Gasteiger charge is 2.10. The fourth-order valence-corrected chi connectivity index (χ4v) is 2.18. The number of carbonyl (C=O) groups is 1. The van der Waals surface area contributed by atoms with Crippen molar-refractivity contribution in [2.75, 3.05) is 6.54 Å². The third-order valence-corrected chi connectivity index (χ3v) is 3.42. The second kappa shape index (κ2) is 6.67. The van der Waals surface area contributed by atoms with E-state index in [0.29, 0.717) is 23.7 Å². The molecule has 1 amide bonds. The van der Waals surface area contributed by atoms with Crippen LogP contribution in [0.15, 0.2) is 45.9 Å². The molecule has 1 aromatic heterocycles. The van der Waals surface area contributed by atoms with E-state index >= 15 is 0 Å². The highest BCUT2D eigenvalue weighted by atomic mass is 79.9. The maximum absolute atomic E-state index is 12.0. The number of halogens is 2. The van der Waals surface area contributed by atoms with E-state index in [1.807, 2.05) is 0 Å². The first kappa shape index (κ1) is 14.7. The molecule has 1 aromatic carbocycles. The molecule has 0 bridgehead atoms. The van der Waals surface area contributed by atoms with Gasteiger partial charge in [-0.2, -0.15) is 0 Å². The molecular formula is C13H11BrClN3O2. The molecule has 0 aliphatic carbocycles. The number of hydrogen-bond donors (Lipinski definition) is 1. The maximum atomic E-state index is 12.0. The molecule has 2 aromatic rings. The molecule has 0 radical (unpaired) electrons. The summed E-state index contributed by atoms with van der Waals surface area (Å²) in [5.41, 5.74) is 0.0433. The van der Waals surface area contributed by atoms with Gasteiger partial charge in [-0.15, -0.1) is 0 Å². The van der Waals surface area contributed by atoms with Crippen LogP contribution in [-0.4, -0.2) is 22.0 Å². The SMILES string of the molecule is O=C(NCCn1cccnc1=O)c1cc(Br)ccc1Cl. The number of aromatic nitrogens is 2. The lowest BCUT2D eigenvalue weighted by molar-refractivity contribution is 0.0952. The number of benzene rings is 1. The van der Waals surface area contributed by atoms with Crippen LogP contribution in [0.1, 0.15) is 10.4 Å². The number of rotatable bonds is 4. The molecule has 104 valence electrons. The van der Waals surface area contributed by atoms with Crippen LogP contribution < -0.4 is 11.0 Å². The average molecular weight is 357 g/mol. The van der Waals surface area contributed by atoms with Crippen LogP contribution in [0.3, 0.4) is 0 Å². The number of amides is 1. The van der Waals surface area contributed by atoms with Gasteiger partial charge in [-0.3, -0.25) is 9.36 Å². The molecule has 0 aliphatic rings. The van der Waals surface area contributed by atoms with Crippen molar-refractivity contribution in [3.63, 3.8) is 0 Å². The van der Waals surface area contributed by atoms with Crippen LogP contribution in [-0.2, 0) is 6.54 Å². The number of carbonyl (C=O) groups excluding carboxylic acids is 1. The summed E-state index contributed by atoms with van der Waals surface area (Å²) in [6.45, 7) is 0.664. The molecule has 1 heterocycles. The van der Waals surface area contributed by atoms with Crippen molar-refractivity contribution < 1.29 is 4.79 Å². The summed E-state index contributed by atoms with van der Waals surface area (Å²) in [6.07, 6.45) is 3.05. The van der Waals surface area contributed by atoms with Crippen LogP contribution in [0.4, 0.5) is 0 Å². The van der Waals surface area contributed by atoms with Gasteiger partial charge in [-0.1, -0.05) is 27.5 Å². The van der Waals surface area contributed by atoms with Gasteiger partial charge in [0.25, 0.3) is 5.91 Å². The van der Waals surface area contributed by atoms with Crippen LogP contribution >= 0.6 is 27.5 Å². The minimum atomic E-state index is -0.345. The minimum absolute atomic E-state index is 0.284. The highest BCUT2D eigenvalue weighted by molar-refractivity contribution is 9.10. The van der Waals surface area contributed by atoms with Gasteiger partial charge >= 0.3 is 5.69 Å². The van der Waals surface area contributed by atoms with E-state index in [0.717, 1.165) is 4.47 Å². The van der Waals surface area contributed by atoms with Gasteiger partial charge in [-0.05, 0) is 24.3 Å². The van der Waals surface area contributed by atoms with Crippen LogP contribution in [0, 0.1) is 0 Å². The largest absolute Gasteiger partial charge is 0.350 e. The van der Waals surface area contributed by atoms with E-state index < -0.39 is 0 Å². The van der Waals surface area contributed by atoms with Crippen LogP contribution in [0.25, 0.3) is 0 Å². The van der Waals surface area contributed by atoms with E-state index in [-0.39, 0.29) is 11.6 Å². The smallest absolute Gasteiger partial charge is 0.347 e. The lowest BCUT2D eigenvalue weighted by atomic mass is 10.2. The fraction of sp³-hybridized carbons (Fsp3) is 0.154. The molecule has 20 heavy (non-hydrogen) atoms. The maximum Gasteiger partial charge on any atom is 0.347 e. The summed E-state index contributed by atoms with van der Waals surface area (Å²) in [7, 11) is 0. The molecule has 0 atom stereocenters. The normalized spacial score (nSPS) is 10.3. The number of nitrogens with one attached hydrogen (secondary N) is 1. The molecule has 0 unspecified atom stereocenters. The molecule has 2 rings (SSSR count). The second-order valence-electron chi connectivity index (χ2n) is 3.98. The molecule has 7 heteroatoms. The first-order chi connectivity index (χ1) is 9.58. The van der Waals surface area contributed by atoms with Crippen LogP contribution in [0.2, 0.25) is 5.02 Å². The van der Waals surface area contributed by atoms with E-state index in [1.165, 1.54) is 10.8 Å². The molecule has 5 nitrogen and oxygen atoms in total. The van der Waals surface area contributed by atoms with E-state index in [2.05, 4.69) is 26.2 Å². The fourth-order valence-electron chi connectivity index (χ4n) is 1.61. The molecule has 0 saturated carbocycles. The lowest BCUT2D eigenvalue weighted by Crippen LogP contribution is -2.31. The summed E-state index contributed by atoms with van der Waals surface area (Å²) >= 11 is 9.25. The Morgan fingerprint density at radius 2 is 2.25 bits per heavy atom. The third kappa shape index (κ3) is 3.68. The Balaban J connectivity index is 1.98. The van der Waals surface area contributed by atoms with Crippen molar-refractivity contribution >= 4 is 33.4 Å². The quantitative estimate of drug-likeness (QED) is 0.912. The van der Waals surface area contributed by atoms with Crippen molar-refractivity contribution in [2.24, 2.45) is 0 Å². The van der Waals surface area contributed by atoms with Crippen molar-refractivity contribution in [1.29, 1.82) is 0 Å². The Morgan fingerprint density at radius 3 is 3.00 bits per heavy atom. The monoisotopic (exact) mass is 355 g/mol. The first-order valence-electron chi connectivity index (χ1n) is 5.82. The van der Waals surface area contributed by atoms with Crippen molar-refractivity contribution in [2.45, 2.75) is 6.54 Å². The third-order valence-electron chi connectivity index (χ3n) is 2.59. The molecule has 0 saturated heterocycles. The van der Waals surface area contributed by atoms with Gasteiger partial charge in [0.05, 0.1) is 10.6 Å². The Morgan fingerprint density at radius 1 is 1.45 bits per heavy atom. The standard InChI is InChI=1S/C13H11BrClN3O2/c14-9-2-3-11(15)10(8-9)12(19)16-5-7-18-6-1-4-17-13(18)20/h1-4,6,8H,5,7H2,(H,16,19). The molecular weight excluding hydrogens is 346 g/mol. The van der Waals surface area contributed by atoms with Gasteiger partial charge in [0, 0.05) is 30.0 Å². The van der Waals surface area contributed by atoms with E-state index in [1.54, 1.807) is 30.5 Å². The highest BCUT2D eigenvalue weighted by Crippen LogP contribution is 2.20. The summed E-state index contributed by atoms with van der Waals surface area (Å²) in [4.78, 5) is 27.0. The van der Waals surface area contributed by atoms with Crippen molar-refractivity contribution in [1.82, 2.24) is 14.9 Å². The Hall–Kier alpha value is -1.66. The topological polar surface area (TPSA) is 64.0 Å². The first-order valence-corrected chi connectivity index (χ1v) is 7.00. The van der Waals surface area contributed by atoms with E-state index in [9.17, 15) is 9.59 Å². The van der Waals surface area contributed by atoms with Crippen molar-refractivity contribution in [3.8, 4) is 0 Å². The summed E-state index contributed by atoms with van der Waals surface area (Å²) in [6, 6.07) is 6.71. The van der Waals surface area contributed by atoms with Gasteiger partial charge in [0.1, 0.15) is 0 Å². The number of nitrogens with zero attached hydrogens (tertiary/aromatic N) is 2. The van der Waals surface area contributed by atoms with Gasteiger partial charge in [-0.25, -0.2) is 9.78 Å². The van der Waals surface area contributed by atoms with Gasteiger partial charge in [0.2, 0.25) is 0 Å². The van der Waals surface area contributed by atoms with Gasteiger partial charge < -0.3 is 5.32 Å². The number of hydrogen-bond acceptors (Lipinski definition) is 3. The predicted molar refractivity (Wildman–Crippen MR) is 80.0 cm³/mol.